The van der Waals surface area contributed by atoms with Crippen LogP contribution in [0.3, 0.4) is 0 Å². The molecular formula is C22H30N6O5S. The van der Waals surface area contributed by atoms with Crippen molar-refractivity contribution in [2.24, 2.45) is 22.6 Å². The average molecular weight is 491 g/mol. The van der Waals surface area contributed by atoms with Crippen LogP contribution in [-0.2, 0) is 0 Å². The molecule has 1 fully saturated rings. The zero-order valence-electron chi connectivity index (χ0n) is 19.6. The molecule has 0 aliphatic carbocycles. The van der Waals surface area contributed by atoms with Gasteiger partial charge < -0.3 is 24.9 Å². The predicted molar refractivity (Wildman–Crippen MR) is 131 cm³/mol. The number of aliphatic hydroxyl groups excluding tert-OH is 1. The second kappa shape index (κ2) is 11.3. The van der Waals surface area contributed by atoms with Gasteiger partial charge in [-0.3, -0.25) is 10.1 Å². The summed E-state index contributed by atoms with van der Waals surface area (Å²) < 4.78 is 10.6. The van der Waals surface area contributed by atoms with Crippen LogP contribution in [0.15, 0.2) is 32.5 Å². The van der Waals surface area contributed by atoms with Gasteiger partial charge in [-0.05, 0) is 50.8 Å². The number of allylic oxidation sites excluding steroid dienone is 1. The number of nitrogens with two attached hydrogens (primary N) is 1. The molecule has 0 aromatic carbocycles. The van der Waals surface area contributed by atoms with Crippen molar-refractivity contribution in [3.63, 3.8) is 0 Å². The van der Waals surface area contributed by atoms with Crippen LogP contribution in [0.1, 0.15) is 44.2 Å². The minimum Gasteiger partial charge on any atom is -0.488 e. The number of nitrogens with one attached hydrogen (secondary N) is 1. The molecule has 2 aromatic heterocycles. The van der Waals surface area contributed by atoms with E-state index in [-0.39, 0.29) is 41.1 Å². The van der Waals surface area contributed by atoms with E-state index in [1.807, 2.05) is 11.8 Å². The van der Waals surface area contributed by atoms with E-state index in [1.54, 1.807) is 13.0 Å². The molecule has 0 bridgehead atoms. The number of aliphatic hydroxyl groups is 1. The topological polar surface area (TPSA) is 156 Å². The highest BCUT2D eigenvalue weighted by molar-refractivity contribution is 7.18. The van der Waals surface area contributed by atoms with Gasteiger partial charge in [0.25, 0.3) is 5.91 Å². The number of carbonyl (C=O) groups is 1. The van der Waals surface area contributed by atoms with E-state index in [2.05, 4.69) is 27.4 Å². The van der Waals surface area contributed by atoms with Gasteiger partial charge in [-0.1, -0.05) is 18.3 Å². The molecule has 0 spiro atoms. The Labute approximate surface area is 201 Å². The summed E-state index contributed by atoms with van der Waals surface area (Å²) in [6, 6.07) is 1.53. The molecule has 2 aromatic rings. The first-order valence-electron chi connectivity index (χ1n) is 11.0. The first kappa shape index (κ1) is 25.4. The lowest BCUT2D eigenvalue weighted by Gasteiger charge is -2.43. The highest BCUT2D eigenvalue weighted by atomic mass is 32.1. The minimum atomic E-state index is -0.749. The fourth-order valence-corrected chi connectivity index (χ4v) is 4.86. The second-order valence-corrected chi connectivity index (χ2v) is 9.13. The number of carbonyl (C=O) groups excluding carboxylic acids is 1. The predicted octanol–water partition coefficient (Wildman–Crippen LogP) is 2.55. The maximum absolute atomic E-state index is 12.9. The summed E-state index contributed by atoms with van der Waals surface area (Å²) in [4.78, 5) is 31.8. The number of hydrogen-bond acceptors (Lipinski definition) is 11. The highest BCUT2D eigenvalue weighted by Crippen LogP contribution is 2.36. The summed E-state index contributed by atoms with van der Waals surface area (Å²) in [5.41, 5.74) is 5.71. The third-order valence-electron chi connectivity index (χ3n) is 5.94. The molecule has 4 N–H and O–H groups in total. The maximum atomic E-state index is 12.9. The number of ether oxygens (including phenoxy) is 1. The van der Waals surface area contributed by atoms with E-state index in [0.717, 1.165) is 24.2 Å². The number of aliphatic imine (C=N–C) groups is 1. The van der Waals surface area contributed by atoms with Gasteiger partial charge >= 0.3 is 5.63 Å². The third-order valence-corrected chi connectivity index (χ3v) is 6.67. The van der Waals surface area contributed by atoms with Crippen LogP contribution in [0.25, 0.3) is 0 Å². The average Bonchev–Trinajstić information content (AvgIpc) is 3.24. The van der Waals surface area contributed by atoms with Gasteiger partial charge in [-0.25, -0.2) is 9.79 Å². The Kier molecular flexibility index (Phi) is 8.40. The van der Waals surface area contributed by atoms with Gasteiger partial charge in [-0.15, -0.1) is 10.2 Å². The Morgan fingerprint density at radius 2 is 2.29 bits per heavy atom. The SMILES string of the molecule is COc1c(N2CCC[C@H]([C@@H](C)CO)C2C)cc(C(=O)Nc2nnc(N=C(C)C=CN)s2)oc1=O. The van der Waals surface area contributed by atoms with Crippen molar-refractivity contribution in [3.05, 3.63) is 34.5 Å². The number of rotatable bonds is 8. The summed E-state index contributed by atoms with van der Waals surface area (Å²) in [5.74, 6) is -0.448. The molecule has 11 nitrogen and oxygen atoms in total. The molecule has 184 valence electrons. The zero-order valence-corrected chi connectivity index (χ0v) is 20.5. The number of methoxy groups -OCH3 is 1. The van der Waals surface area contributed by atoms with Crippen LogP contribution >= 0.6 is 11.3 Å². The molecule has 12 heteroatoms. The van der Waals surface area contributed by atoms with Crippen molar-refractivity contribution in [1.29, 1.82) is 0 Å². The number of amides is 1. The van der Waals surface area contributed by atoms with Crippen molar-refractivity contribution in [2.45, 2.75) is 39.7 Å². The van der Waals surface area contributed by atoms with Crippen LogP contribution in [0, 0.1) is 11.8 Å². The Bertz CT molecular complexity index is 1130. The lowest BCUT2D eigenvalue weighted by molar-refractivity contribution is 0.0991. The van der Waals surface area contributed by atoms with Gasteiger partial charge in [0.15, 0.2) is 5.76 Å². The Morgan fingerprint density at radius 1 is 1.53 bits per heavy atom. The first-order chi connectivity index (χ1) is 16.3. The maximum Gasteiger partial charge on any atom is 0.381 e. The standard InChI is InChI=1S/C22H30N6O5S/c1-12(11-29)15-6-5-9-28(14(15)3)16-10-17(33-20(31)18(16)32-4)19(30)25-22-27-26-21(34-22)24-13(2)7-8-23/h7-8,10,12,14-15,29H,5-6,9,11,23H2,1-4H3,(H,25,27,30)/t12-,14?,15+/m0/s1. The second-order valence-electron chi connectivity index (χ2n) is 8.17. The summed E-state index contributed by atoms with van der Waals surface area (Å²) in [6.07, 6.45) is 4.83. The fourth-order valence-electron chi connectivity index (χ4n) is 4.19. The number of anilines is 2. The Balaban J connectivity index is 1.88. The molecule has 0 saturated carbocycles. The van der Waals surface area contributed by atoms with Crippen LogP contribution < -0.4 is 26.3 Å². The van der Waals surface area contributed by atoms with E-state index in [9.17, 15) is 14.7 Å². The number of hydrogen-bond donors (Lipinski definition) is 3. The Morgan fingerprint density at radius 3 is 2.97 bits per heavy atom. The summed E-state index contributed by atoms with van der Waals surface area (Å²) >= 11 is 1.07. The largest absolute Gasteiger partial charge is 0.488 e. The minimum absolute atomic E-state index is 0.0249. The first-order valence-corrected chi connectivity index (χ1v) is 11.8. The quantitative estimate of drug-likeness (QED) is 0.473. The van der Waals surface area contributed by atoms with Crippen molar-refractivity contribution < 1.29 is 19.1 Å². The van der Waals surface area contributed by atoms with Crippen LogP contribution in [0.5, 0.6) is 5.75 Å². The van der Waals surface area contributed by atoms with E-state index in [0.29, 0.717) is 23.1 Å². The molecule has 1 unspecified atom stereocenters. The number of piperidine rings is 1. The molecular weight excluding hydrogens is 460 g/mol. The molecule has 3 heterocycles. The molecule has 1 aliphatic rings. The molecule has 0 radical (unpaired) electrons. The van der Waals surface area contributed by atoms with E-state index < -0.39 is 11.5 Å². The third kappa shape index (κ3) is 5.62. The molecule has 34 heavy (non-hydrogen) atoms. The smallest absolute Gasteiger partial charge is 0.381 e. The van der Waals surface area contributed by atoms with E-state index in [4.69, 9.17) is 14.9 Å². The normalized spacial score (nSPS) is 19.9. The van der Waals surface area contributed by atoms with Crippen LogP contribution in [0.2, 0.25) is 0 Å². The van der Waals surface area contributed by atoms with Gasteiger partial charge in [0.1, 0.15) is 0 Å². The Hall–Kier alpha value is -3.25. The molecule has 1 saturated heterocycles. The summed E-state index contributed by atoms with van der Waals surface area (Å²) in [7, 11) is 1.39. The van der Waals surface area contributed by atoms with Crippen LogP contribution in [-0.4, -0.2) is 53.2 Å². The molecule has 1 aliphatic heterocycles. The van der Waals surface area contributed by atoms with Gasteiger partial charge in [0.2, 0.25) is 16.0 Å². The van der Waals surface area contributed by atoms with Crippen molar-refractivity contribution in [1.82, 2.24) is 10.2 Å². The summed E-state index contributed by atoms with van der Waals surface area (Å²) in [5, 5.41) is 20.6. The number of aromatic nitrogens is 2. The molecule has 3 atom stereocenters. The van der Waals surface area contributed by atoms with Gasteiger partial charge in [-0.2, -0.15) is 0 Å². The van der Waals surface area contributed by atoms with E-state index in [1.165, 1.54) is 19.4 Å². The van der Waals surface area contributed by atoms with Crippen molar-refractivity contribution >= 4 is 38.9 Å². The van der Waals surface area contributed by atoms with E-state index >= 15 is 0 Å². The van der Waals surface area contributed by atoms with Crippen LogP contribution in [0.4, 0.5) is 16.0 Å². The van der Waals surface area contributed by atoms with Gasteiger partial charge in [0.05, 0.1) is 12.8 Å². The van der Waals surface area contributed by atoms with Crippen molar-refractivity contribution in [3.8, 4) is 5.75 Å². The molecule has 1 amide bonds. The zero-order chi connectivity index (χ0) is 24.8. The lowest BCUT2D eigenvalue weighted by atomic mass is 9.81. The molecule has 3 rings (SSSR count). The number of nitrogens with zero attached hydrogens (tertiary/aromatic N) is 4. The van der Waals surface area contributed by atoms with Crippen molar-refractivity contribution in [2.75, 3.05) is 30.5 Å². The fraction of sp³-hybridized carbons (Fsp3) is 0.500. The summed E-state index contributed by atoms with van der Waals surface area (Å²) in [6.45, 7) is 6.58. The monoisotopic (exact) mass is 490 g/mol. The lowest BCUT2D eigenvalue weighted by Crippen LogP contribution is -2.46. The highest BCUT2D eigenvalue weighted by Gasteiger charge is 2.34. The van der Waals surface area contributed by atoms with Gasteiger partial charge in [0, 0.05) is 31.0 Å².